The lowest BCUT2D eigenvalue weighted by molar-refractivity contribution is -0.00925. The Labute approximate surface area is 91.4 Å². The third-order valence-corrected chi connectivity index (χ3v) is 2.19. The van der Waals surface area contributed by atoms with Gasteiger partial charge in [0.15, 0.2) is 0 Å². The zero-order valence-corrected chi connectivity index (χ0v) is 9.62. The van der Waals surface area contributed by atoms with Gasteiger partial charge >= 0.3 is 0 Å². The van der Waals surface area contributed by atoms with Crippen LogP contribution in [0.5, 0.6) is 0 Å². The minimum absolute atomic E-state index is 0.196. The van der Waals surface area contributed by atoms with Crippen LogP contribution >= 0.6 is 0 Å². The van der Waals surface area contributed by atoms with Crippen molar-refractivity contribution >= 4 is 0 Å². The van der Waals surface area contributed by atoms with Crippen molar-refractivity contribution in [3.8, 4) is 0 Å². The molecule has 15 heavy (non-hydrogen) atoms. The minimum Gasteiger partial charge on any atom is -0.382 e. The first-order valence-electron chi connectivity index (χ1n) is 5.17. The summed E-state index contributed by atoms with van der Waals surface area (Å²) < 4.78 is 4.88. The van der Waals surface area contributed by atoms with E-state index in [9.17, 15) is 0 Å². The van der Waals surface area contributed by atoms with Crippen molar-refractivity contribution in [3.05, 3.63) is 35.4 Å². The van der Waals surface area contributed by atoms with Crippen LogP contribution in [0.2, 0.25) is 0 Å². The van der Waals surface area contributed by atoms with Crippen LogP contribution in [0.1, 0.15) is 24.1 Å². The third kappa shape index (κ3) is 4.42. The van der Waals surface area contributed by atoms with Crippen molar-refractivity contribution < 1.29 is 9.57 Å². The van der Waals surface area contributed by atoms with Crippen molar-refractivity contribution in [2.24, 2.45) is 0 Å². The van der Waals surface area contributed by atoms with E-state index in [2.05, 4.69) is 43.6 Å². The molecule has 0 aromatic heterocycles. The van der Waals surface area contributed by atoms with Crippen LogP contribution in [-0.2, 0) is 9.57 Å². The lowest BCUT2D eigenvalue weighted by Gasteiger charge is -2.14. The van der Waals surface area contributed by atoms with Crippen LogP contribution in [0.25, 0.3) is 0 Å². The summed E-state index contributed by atoms with van der Waals surface area (Å²) in [5, 5.41) is 0. The summed E-state index contributed by atoms with van der Waals surface area (Å²) >= 11 is 0. The highest BCUT2D eigenvalue weighted by molar-refractivity contribution is 5.24. The van der Waals surface area contributed by atoms with Crippen molar-refractivity contribution in [2.75, 3.05) is 20.3 Å². The molecule has 1 rings (SSSR count). The Morgan fingerprint density at radius 3 is 2.80 bits per heavy atom. The topological polar surface area (TPSA) is 30.5 Å². The first kappa shape index (κ1) is 12.2. The van der Waals surface area contributed by atoms with Gasteiger partial charge in [0.05, 0.1) is 19.3 Å². The number of benzene rings is 1. The largest absolute Gasteiger partial charge is 0.382 e. The van der Waals surface area contributed by atoms with Crippen LogP contribution in [-0.4, -0.2) is 20.3 Å². The number of hydroxylamine groups is 1. The first-order chi connectivity index (χ1) is 7.24. The summed E-state index contributed by atoms with van der Waals surface area (Å²) in [6.45, 7) is 5.32. The Morgan fingerprint density at radius 1 is 1.33 bits per heavy atom. The monoisotopic (exact) mass is 209 g/mol. The second-order valence-corrected chi connectivity index (χ2v) is 3.59. The number of aryl methyl sites for hydroxylation is 1. The second-order valence-electron chi connectivity index (χ2n) is 3.59. The van der Waals surface area contributed by atoms with E-state index in [-0.39, 0.29) is 6.04 Å². The average molecular weight is 209 g/mol. The van der Waals surface area contributed by atoms with Crippen LogP contribution in [0.15, 0.2) is 24.3 Å². The van der Waals surface area contributed by atoms with Crippen LogP contribution in [0.3, 0.4) is 0 Å². The summed E-state index contributed by atoms with van der Waals surface area (Å²) in [4.78, 5) is 5.26. The second kappa shape index (κ2) is 6.56. The van der Waals surface area contributed by atoms with Gasteiger partial charge in [-0.3, -0.25) is 4.84 Å². The van der Waals surface area contributed by atoms with Crippen LogP contribution in [0.4, 0.5) is 0 Å². The van der Waals surface area contributed by atoms with E-state index in [4.69, 9.17) is 9.57 Å². The smallest absolute Gasteiger partial charge is 0.0916 e. The molecule has 0 saturated carbocycles. The molecule has 0 aliphatic rings. The minimum atomic E-state index is 0.196. The molecule has 1 aromatic rings. The molecule has 0 spiro atoms. The number of hydrogen-bond acceptors (Lipinski definition) is 3. The Morgan fingerprint density at radius 2 is 2.13 bits per heavy atom. The molecule has 0 aliphatic carbocycles. The molecule has 1 unspecified atom stereocenters. The summed E-state index contributed by atoms with van der Waals surface area (Å²) in [5.41, 5.74) is 5.47. The fourth-order valence-corrected chi connectivity index (χ4v) is 1.32. The molecule has 0 bridgehead atoms. The molecule has 84 valence electrons. The molecule has 0 fully saturated rings. The summed E-state index contributed by atoms with van der Waals surface area (Å²) in [6.07, 6.45) is 0. The van der Waals surface area contributed by atoms with Gasteiger partial charge in [0, 0.05) is 7.11 Å². The summed E-state index contributed by atoms with van der Waals surface area (Å²) in [7, 11) is 1.66. The maximum Gasteiger partial charge on any atom is 0.0916 e. The number of rotatable bonds is 6. The molecule has 1 atom stereocenters. The Balaban J connectivity index is 2.36. The lowest BCUT2D eigenvalue weighted by atomic mass is 10.1. The molecule has 0 heterocycles. The summed E-state index contributed by atoms with van der Waals surface area (Å²) in [5.74, 6) is 0. The number of methoxy groups -OCH3 is 1. The standard InChI is InChI=1S/C12H19NO2/c1-10-5-4-6-12(9-10)11(2)13-15-8-7-14-3/h4-6,9,11,13H,7-8H2,1-3H3. The highest BCUT2D eigenvalue weighted by Crippen LogP contribution is 2.13. The Kier molecular flexibility index (Phi) is 5.32. The van der Waals surface area contributed by atoms with Gasteiger partial charge in [-0.15, -0.1) is 0 Å². The molecular formula is C12H19NO2. The van der Waals surface area contributed by atoms with Crippen molar-refractivity contribution in [3.63, 3.8) is 0 Å². The van der Waals surface area contributed by atoms with E-state index in [1.165, 1.54) is 11.1 Å². The predicted molar refractivity (Wildman–Crippen MR) is 60.6 cm³/mol. The van der Waals surface area contributed by atoms with Crippen LogP contribution in [0, 0.1) is 6.92 Å². The fraction of sp³-hybridized carbons (Fsp3) is 0.500. The van der Waals surface area contributed by atoms with Gasteiger partial charge in [-0.2, -0.15) is 5.48 Å². The van der Waals surface area contributed by atoms with Crippen molar-refractivity contribution in [1.82, 2.24) is 5.48 Å². The molecular weight excluding hydrogens is 190 g/mol. The fourth-order valence-electron chi connectivity index (χ4n) is 1.32. The Bertz CT molecular complexity index is 289. The van der Waals surface area contributed by atoms with Gasteiger partial charge in [0.1, 0.15) is 0 Å². The van der Waals surface area contributed by atoms with E-state index in [0.717, 1.165) is 0 Å². The third-order valence-electron chi connectivity index (χ3n) is 2.19. The molecule has 0 amide bonds. The highest BCUT2D eigenvalue weighted by Gasteiger charge is 2.04. The van der Waals surface area contributed by atoms with Gasteiger partial charge in [0.2, 0.25) is 0 Å². The quantitative estimate of drug-likeness (QED) is 0.575. The maximum atomic E-state index is 5.26. The van der Waals surface area contributed by atoms with E-state index in [0.29, 0.717) is 13.2 Å². The first-order valence-corrected chi connectivity index (χ1v) is 5.17. The SMILES string of the molecule is COCCONC(C)c1cccc(C)c1. The van der Waals surface area contributed by atoms with Gasteiger partial charge in [-0.05, 0) is 19.4 Å². The summed E-state index contributed by atoms with van der Waals surface area (Å²) in [6, 6.07) is 8.57. The van der Waals surface area contributed by atoms with Crippen molar-refractivity contribution in [2.45, 2.75) is 19.9 Å². The number of nitrogens with one attached hydrogen (secondary N) is 1. The van der Waals surface area contributed by atoms with Crippen LogP contribution < -0.4 is 5.48 Å². The molecule has 3 heteroatoms. The number of hydrogen-bond donors (Lipinski definition) is 1. The molecule has 0 aliphatic heterocycles. The van der Waals surface area contributed by atoms with E-state index in [1.54, 1.807) is 7.11 Å². The maximum absolute atomic E-state index is 5.26. The molecule has 0 radical (unpaired) electrons. The van der Waals surface area contributed by atoms with Gasteiger partial charge in [-0.1, -0.05) is 29.8 Å². The Hall–Kier alpha value is -0.900. The van der Waals surface area contributed by atoms with Gasteiger partial charge in [-0.25, -0.2) is 0 Å². The highest BCUT2D eigenvalue weighted by atomic mass is 16.7. The number of ether oxygens (including phenoxy) is 1. The molecule has 1 aromatic carbocycles. The van der Waals surface area contributed by atoms with E-state index < -0.39 is 0 Å². The predicted octanol–water partition coefficient (Wildman–Crippen LogP) is 2.22. The zero-order chi connectivity index (χ0) is 11.1. The molecule has 3 nitrogen and oxygen atoms in total. The van der Waals surface area contributed by atoms with Crippen molar-refractivity contribution in [1.29, 1.82) is 0 Å². The van der Waals surface area contributed by atoms with E-state index in [1.807, 2.05) is 0 Å². The average Bonchev–Trinajstić information content (AvgIpc) is 2.24. The molecule has 0 saturated heterocycles. The lowest BCUT2D eigenvalue weighted by Crippen LogP contribution is -2.21. The van der Waals surface area contributed by atoms with Gasteiger partial charge < -0.3 is 4.74 Å². The normalized spacial score (nSPS) is 12.7. The molecule has 1 N–H and O–H groups in total. The van der Waals surface area contributed by atoms with Gasteiger partial charge in [0.25, 0.3) is 0 Å². The zero-order valence-electron chi connectivity index (χ0n) is 9.62. The van der Waals surface area contributed by atoms with E-state index >= 15 is 0 Å².